The van der Waals surface area contributed by atoms with E-state index in [0.29, 0.717) is 50.8 Å². The molecule has 0 radical (unpaired) electrons. The van der Waals surface area contributed by atoms with Crippen LogP contribution in [0, 0.1) is 0 Å². The van der Waals surface area contributed by atoms with E-state index in [4.69, 9.17) is 19.4 Å². The summed E-state index contributed by atoms with van der Waals surface area (Å²) in [5.41, 5.74) is 3.18. The number of fused-ring (bicyclic) bond motifs is 1. The normalized spacial score (nSPS) is 15.2. The fraction of sp³-hybridized carbons (Fsp3) is 0.429. The third-order valence-electron chi connectivity index (χ3n) is 8.23. The molecule has 45 heavy (non-hydrogen) atoms. The minimum absolute atomic E-state index is 0.0757. The summed E-state index contributed by atoms with van der Waals surface area (Å²) < 4.78 is 39.8. The Kier molecular flexibility index (Phi) is 10.9. The number of hydrogen-bond donors (Lipinski definition) is 1. The van der Waals surface area contributed by atoms with Crippen LogP contribution >= 0.6 is 0 Å². The summed E-state index contributed by atoms with van der Waals surface area (Å²) in [7, 11) is -3.54. The predicted octanol–water partition coefficient (Wildman–Crippen LogP) is 6.10. The van der Waals surface area contributed by atoms with Gasteiger partial charge < -0.3 is 14.8 Å². The van der Waals surface area contributed by atoms with Crippen LogP contribution in [-0.4, -0.2) is 73.5 Å². The summed E-state index contributed by atoms with van der Waals surface area (Å²) in [6.45, 7) is 12.1. The molecule has 1 fully saturated rings. The number of ether oxygens (including phenoxy) is 2. The molecule has 1 aromatic heterocycles. The van der Waals surface area contributed by atoms with E-state index in [1.54, 1.807) is 16.4 Å². The van der Waals surface area contributed by atoms with Gasteiger partial charge in [-0.3, -0.25) is 4.90 Å². The van der Waals surface area contributed by atoms with Crippen molar-refractivity contribution >= 4 is 26.7 Å². The van der Waals surface area contributed by atoms with E-state index in [1.807, 2.05) is 62.4 Å². The zero-order chi connectivity index (χ0) is 31.8. The highest BCUT2D eigenvalue weighted by Crippen LogP contribution is 2.30. The number of hydrogen-bond acceptors (Lipinski definition) is 8. The molecular formula is C35H45N5O4S. The van der Waals surface area contributed by atoms with Gasteiger partial charge in [0.05, 0.1) is 29.7 Å². The third kappa shape index (κ3) is 7.74. The summed E-state index contributed by atoms with van der Waals surface area (Å²) in [6, 6.07) is 21.4. The van der Waals surface area contributed by atoms with E-state index in [9.17, 15) is 8.42 Å². The Balaban J connectivity index is 1.26. The molecule has 0 amide bonds. The second kappa shape index (κ2) is 15.0. The largest absolute Gasteiger partial charge is 0.490 e. The van der Waals surface area contributed by atoms with Crippen molar-refractivity contribution in [3.63, 3.8) is 0 Å². The first-order valence-electron chi connectivity index (χ1n) is 16.1. The van der Waals surface area contributed by atoms with Gasteiger partial charge >= 0.3 is 0 Å². The summed E-state index contributed by atoms with van der Waals surface area (Å²) in [4.78, 5) is 12.5. The van der Waals surface area contributed by atoms with Crippen LogP contribution in [-0.2, 0) is 22.9 Å². The predicted molar refractivity (Wildman–Crippen MR) is 180 cm³/mol. The summed E-state index contributed by atoms with van der Waals surface area (Å²) in [5, 5.41) is 4.52. The number of nitrogens with one attached hydrogen (secondary N) is 1. The molecule has 0 aliphatic carbocycles. The number of piperazine rings is 1. The molecular weight excluding hydrogens is 586 g/mol. The Bertz CT molecular complexity index is 1670. The van der Waals surface area contributed by atoms with E-state index >= 15 is 0 Å². The summed E-state index contributed by atoms with van der Waals surface area (Å²) in [5.74, 6) is 3.04. The number of aromatic nitrogens is 2. The maximum absolute atomic E-state index is 13.4. The molecule has 1 atom stereocenters. The van der Waals surface area contributed by atoms with Crippen molar-refractivity contribution in [2.75, 3.05) is 51.3 Å². The van der Waals surface area contributed by atoms with Crippen LogP contribution in [0.5, 0.6) is 11.5 Å². The Labute approximate surface area is 267 Å². The maximum Gasteiger partial charge on any atom is 0.243 e. The first kappa shape index (κ1) is 32.7. The molecule has 0 bridgehead atoms. The molecule has 1 aliphatic heterocycles. The summed E-state index contributed by atoms with van der Waals surface area (Å²) in [6.07, 6.45) is 2.76. The Hall–Kier alpha value is -3.73. The molecule has 240 valence electrons. The van der Waals surface area contributed by atoms with Crippen LogP contribution in [0.2, 0.25) is 0 Å². The van der Waals surface area contributed by atoms with E-state index in [0.717, 1.165) is 64.4 Å². The van der Waals surface area contributed by atoms with Crippen molar-refractivity contribution in [2.24, 2.45) is 0 Å². The molecule has 0 unspecified atom stereocenters. The van der Waals surface area contributed by atoms with Crippen molar-refractivity contribution in [2.45, 2.75) is 57.9 Å². The van der Waals surface area contributed by atoms with Gasteiger partial charge in [0.2, 0.25) is 10.0 Å². The monoisotopic (exact) mass is 631 g/mol. The topological polar surface area (TPSA) is 96.9 Å². The summed E-state index contributed by atoms with van der Waals surface area (Å²) >= 11 is 0. The first-order chi connectivity index (χ1) is 21.8. The SMILES string of the molecule is CCCc1ccc(S(=O)(=O)N2CCN([C@H](C)c3nc(NCCc4ccc(OCC)c(OCC)c4)c4ccccc4n3)CC2)cc1. The fourth-order valence-corrected chi connectivity index (χ4v) is 7.17. The van der Waals surface area contributed by atoms with E-state index in [-0.39, 0.29) is 6.04 Å². The first-order valence-corrected chi connectivity index (χ1v) is 17.5. The van der Waals surface area contributed by atoms with Gasteiger partial charge in [-0.05, 0) is 81.1 Å². The molecule has 10 heteroatoms. The molecule has 0 saturated carbocycles. The smallest absolute Gasteiger partial charge is 0.243 e. The highest BCUT2D eigenvalue weighted by atomic mass is 32.2. The van der Waals surface area contributed by atoms with Gasteiger partial charge in [-0.2, -0.15) is 4.31 Å². The zero-order valence-electron chi connectivity index (χ0n) is 26.8. The van der Waals surface area contributed by atoms with Gasteiger partial charge in [0.15, 0.2) is 11.5 Å². The van der Waals surface area contributed by atoms with Gasteiger partial charge in [0.25, 0.3) is 0 Å². The van der Waals surface area contributed by atoms with Crippen molar-refractivity contribution in [1.29, 1.82) is 0 Å². The Morgan fingerprint density at radius 2 is 1.51 bits per heavy atom. The van der Waals surface area contributed by atoms with Crippen molar-refractivity contribution in [3.05, 3.63) is 83.7 Å². The third-order valence-corrected chi connectivity index (χ3v) is 10.1. The molecule has 9 nitrogen and oxygen atoms in total. The lowest BCUT2D eigenvalue weighted by Gasteiger charge is -2.37. The lowest BCUT2D eigenvalue weighted by Crippen LogP contribution is -2.49. The second-order valence-electron chi connectivity index (χ2n) is 11.3. The quantitative estimate of drug-likeness (QED) is 0.178. The lowest BCUT2D eigenvalue weighted by atomic mass is 10.1. The average molecular weight is 632 g/mol. The number of nitrogens with zero attached hydrogens (tertiary/aromatic N) is 4. The Morgan fingerprint density at radius 1 is 0.822 bits per heavy atom. The van der Waals surface area contributed by atoms with Gasteiger partial charge in [0, 0.05) is 38.1 Å². The number of benzene rings is 3. The number of anilines is 1. The van der Waals surface area contributed by atoms with Crippen LogP contribution in [0.4, 0.5) is 5.82 Å². The molecule has 2 heterocycles. The van der Waals surface area contributed by atoms with Crippen LogP contribution in [0.15, 0.2) is 71.6 Å². The van der Waals surface area contributed by atoms with Crippen LogP contribution in [0.3, 0.4) is 0 Å². The minimum Gasteiger partial charge on any atom is -0.490 e. The molecule has 1 aliphatic rings. The minimum atomic E-state index is -3.54. The van der Waals surface area contributed by atoms with Gasteiger partial charge in [-0.1, -0.05) is 43.7 Å². The van der Waals surface area contributed by atoms with Gasteiger partial charge in [-0.25, -0.2) is 18.4 Å². The molecule has 0 spiro atoms. The number of para-hydroxylation sites is 1. The zero-order valence-corrected chi connectivity index (χ0v) is 27.6. The van der Waals surface area contributed by atoms with E-state index in [1.165, 1.54) is 0 Å². The van der Waals surface area contributed by atoms with Gasteiger partial charge in [0.1, 0.15) is 11.6 Å². The molecule has 1 saturated heterocycles. The fourth-order valence-electron chi connectivity index (χ4n) is 5.75. The van der Waals surface area contributed by atoms with Crippen molar-refractivity contribution in [3.8, 4) is 11.5 Å². The molecule has 3 aromatic carbocycles. The van der Waals surface area contributed by atoms with Crippen LogP contribution in [0.25, 0.3) is 10.9 Å². The highest BCUT2D eigenvalue weighted by Gasteiger charge is 2.31. The highest BCUT2D eigenvalue weighted by molar-refractivity contribution is 7.89. The molecule has 5 rings (SSSR count). The number of rotatable bonds is 14. The maximum atomic E-state index is 13.4. The van der Waals surface area contributed by atoms with E-state index < -0.39 is 10.0 Å². The average Bonchev–Trinajstić information content (AvgIpc) is 3.06. The molecule has 4 aromatic rings. The number of aryl methyl sites for hydroxylation is 1. The van der Waals surface area contributed by atoms with Crippen LogP contribution < -0.4 is 14.8 Å². The van der Waals surface area contributed by atoms with Crippen LogP contribution in [0.1, 0.15) is 57.1 Å². The number of sulfonamides is 1. The molecule has 1 N–H and O–H groups in total. The van der Waals surface area contributed by atoms with Crippen molar-refractivity contribution < 1.29 is 17.9 Å². The second-order valence-corrected chi connectivity index (χ2v) is 13.2. The van der Waals surface area contributed by atoms with Gasteiger partial charge in [-0.15, -0.1) is 0 Å². The Morgan fingerprint density at radius 3 is 2.22 bits per heavy atom. The lowest BCUT2D eigenvalue weighted by molar-refractivity contribution is 0.141. The standard InChI is InChI=1S/C35H45N5O4S/c1-5-10-27-13-16-29(17-14-27)45(41,42)40-23-21-39(22-24-40)26(4)34-37-31-12-9-8-11-30(31)35(38-34)36-20-19-28-15-18-32(43-6-2)33(25-28)44-7-3/h8-9,11-18,25-26H,5-7,10,19-24H2,1-4H3,(H,36,37,38)/t26-/m1/s1. The van der Waals surface area contributed by atoms with Crippen molar-refractivity contribution in [1.82, 2.24) is 19.2 Å². The van der Waals surface area contributed by atoms with E-state index in [2.05, 4.69) is 30.1 Å².